The van der Waals surface area contributed by atoms with Crippen LogP contribution in [-0.2, 0) is 0 Å². The third-order valence-corrected chi connectivity index (χ3v) is 4.35. The minimum atomic E-state index is 0.260. The first-order chi connectivity index (χ1) is 10.2. The molecule has 0 aromatic heterocycles. The van der Waals surface area contributed by atoms with Crippen molar-refractivity contribution in [2.75, 3.05) is 27.9 Å². The Bertz CT molecular complexity index is 432. The van der Waals surface area contributed by atoms with Crippen molar-refractivity contribution in [1.82, 2.24) is 5.32 Å². The Morgan fingerprint density at radius 2 is 1.71 bits per heavy atom. The Balaban J connectivity index is 2.35. The average Bonchev–Trinajstić information content (AvgIpc) is 2.48. The quantitative estimate of drug-likeness (QED) is 0.795. The minimum Gasteiger partial charge on any atom is -0.496 e. The molecule has 1 aliphatic carbocycles. The molecule has 0 amide bonds. The van der Waals surface area contributed by atoms with Crippen LogP contribution in [0, 0.1) is 5.92 Å². The first kappa shape index (κ1) is 16.0. The standard InChI is InChI=1S/C17H27NO3/c1-5-18-14(9-12-7-6-8-12)17-15(20-3)10-13(19-2)11-16(17)21-4/h10-12,14,18H,5-9H2,1-4H3. The van der Waals surface area contributed by atoms with Crippen molar-refractivity contribution in [3.63, 3.8) is 0 Å². The molecule has 1 atom stereocenters. The van der Waals surface area contributed by atoms with Gasteiger partial charge >= 0.3 is 0 Å². The summed E-state index contributed by atoms with van der Waals surface area (Å²) in [6, 6.07) is 4.13. The molecule has 2 rings (SSSR count). The maximum atomic E-state index is 5.59. The Kier molecular flexibility index (Phi) is 5.74. The second-order valence-corrected chi connectivity index (χ2v) is 5.59. The van der Waals surface area contributed by atoms with Gasteiger partial charge in [0.2, 0.25) is 0 Å². The first-order valence-corrected chi connectivity index (χ1v) is 7.76. The van der Waals surface area contributed by atoms with E-state index in [9.17, 15) is 0 Å². The highest BCUT2D eigenvalue weighted by Crippen LogP contribution is 2.43. The SMILES string of the molecule is CCNC(CC1CCC1)c1c(OC)cc(OC)cc1OC. The molecular formula is C17H27NO3. The molecule has 1 aromatic carbocycles. The van der Waals surface area contributed by atoms with Gasteiger partial charge in [-0.05, 0) is 18.9 Å². The largest absolute Gasteiger partial charge is 0.496 e. The molecule has 0 radical (unpaired) electrons. The van der Waals surface area contributed by atoms with E-state index in [1.165, 1.54) is 19.3 Å². The van der Waals surface area contributed by atoms with Gasteiger partial charge in [-0.1, -0.05) is 26.2 Å². The lowest BCUT2D eigenvalue weighted by molar-refractivity contribution is 0.256. The Labute approximate surface area is 127 Å². The molecule has 1 aromatic rings. The number of ether oxygens (including phenoxy) is 3. The van der Waals surface area contributed by atoms with Gasteiger partial charge in [0, 0.05) is 18.2 Å². The lowest BCUT2D eigenvalue weighted by atomic mass is 9.79. The summed E-state index contributed by atoms with van der Waals surface area (Å²) in [6.45, 7) is 3.06. The predicted octanol–water partition coefficient (Wildman–Crippen LogP) is 3.55. The van der Waals surface area contributed by atoms with Crippen LogP contribution in [0.25, 0.3) is 0 Å². The van der Waals surface area contributed by atoms with Gasteiger partial charge in [0.25, 0.3) is 0 Å². The maximum absolute atomic E-state index is 5.59. The zero-order chi connectivity index (χ0) is 15.2. The molecule has 1 fully saturated rings. The number of methoxy groups -OCH3 is 3. The Morgan fingerprint density at radius 3 is 2.10 bits per heavy atom. The van der Waals surface area contributed by atoms with Gasteiger partial charge < -0.3 is 19.5 Å². The minimum absolute atomic E-state index is 0.260. The van der Waals surface area contributed by atoms with E-state index in [-0.39, 0.29) is 6.04 Å². The van der Waals surface area contributed by atoms with E-state index in [0.717, 1.165) is 41.7 Å². The summed E-state index contributed by atoms with van der Waals surface area (Å²) in [5.74, 6) is 3.23. The molecule has 1 N–H and O–H groups in total. The van der Waals surface area contributed by atoms with Crippen molar-refractivity contribution in [2.45, 2.75) is 38.6 Å². The van der Waals surface area contributed by atoms with E-state index in [0.29, 0.717) is 0 Å². The number of hydrogen-bond donors (Lipinski definition) is 1. The lowest BCUT2D eigenvalue weighted by Gasteiger charge is -2.31. The fourth-order valence-electron chi connectivity index (χ4n) is 2.99. The number of rotatable bonds is 8. The summed E-state index contributed by atoms with van der Waals surface area (Å²) in [7, 11) is 5.05. The summed E-state index contributed by atoms with van der Waals surface area (Å²) in [6.07, 6.45) is 5.17. The topological polar surface area (TPSA) is 39.7 Å². The lowest BCUT2D eigenvalue weighted by Crippen LogP contribution is -2.26. The van der Waals surface area contributed by atoms with E-state index >= 15 is 0 Å². The molecule has 1 aliphatic rings. The van der Waals surface area contributed by atoms with Crippen molar-refractivity contribution in [3.8, 4) is 17.2 Å². The molecule has 4 heteroatoms. The van der Waals surface area contributed by atoms with E-state index in [2.05, 4.69) is 12.2 Å². The molecule has 0 heterocycles. The molecule has 0 bridgehead atoms. The van der Waals surface area contributed by atoms with Crippen LogP contribution in [0.3, 0.4) is 0 Å². The number of hydrogen-bond acceptors (Lipinski definition) is 4. The molecule has 118 valence electrons. The second kappa shape index (κ2) is 7.55. The molecular weight excluding hydrogens is 266 g/mol. The van der Waals surface area contributed by atoms with Gasteiger partial charge in [0.15, 0.2) is 0 Å². The van der Waals surface area contributed by atoms with Gasteiger partial charge in [-0.3, -0.25) is 0 Å². The van der Waals surface area contributed by atoms with Gasteiger partial charge in [-0.15, -0.1) is 0 Å². The molecule has 1 unspecified atom stereocenters. The number of benzene rings is 1. The van der Waals surface area contributed by atoms with Gasteiger partial charge in [0.05, 0.1) is 26.9 Å². The summed E-state index contributed by atoms with van der Waals surface area (Å²) in [5, 5.41) is 3.58. The van der Waals surface area contributed by atoms with Gasteiger partial charge in [0.1, 0.15) is 17.2 Å². The third kappa shape index (κ3) is 3.62. The van der Waals surface area contributed by atoms with Crippen LogP contribution in [0.1, 0.15) is 44.2 Å². The van der Waals surface area contributed by atoms with Crippen LogP contribution in [0.15, 0.2) is 12.1 Å². The number of nitrogens with one attached hydrogen (secondary N) is 1. The van der Waals surface area contributed by atoms with E-state index in [1.54, 1.807) is 21.3 Å². The van der Waals surface area contributed by atoms with Crippen LogP contribution in [-0.4, -0.2) is 27.9 Å². The normalized spacial score (nSPS) is 16.2. The zero-order valence-electron chi connectivity index (χ0n) is 13.6. The highest BCUT2D eigenvalue weighted by atomic mass is 16.5. The van der Waals surface area contributed by atoms with Crippen LogP contribution in [0.2, 0.25) is 0 Å². The second-order valence-electron chi connectivity index (χ2n) is 5.59. The molecule has 0 aliphatic heterocycles. The summed E-state index contributed by atoms with van der Waals surface area (Å²) < 4.78 is 16.5. The highest BCUT2D eigenvalue weighted by Gasteiger charge is 2.27. The Hall–Kier alpha value is -1.42. The maximum Gasteiger partial charge on any atom is 0.131 e. The van der Waals surface area contributed by atoms with Crippen LogP contribution < -0.4 is 19.5 Å². The summed E-state index contributed by atoms with van der Waals surface area (Å²) >= 11 is 0. The van der Waals surface area contributed by atoms with Crippen LogP contribution in [0.4, 0.5) is 0 Å². The summed E-state index contributed by atoms with van der Waals surface area (Å²) in [5.41, 5.74) is 1.11. The predicted molar refractivity (Wildman–Crippen MR) is 84.5 cm³/mol. The van der Waals surface area contributed by atoms with Crippen molar-refractivity contribution in [2.24, 2.45) is 5.92 Å². The van der Waals surface area contributed by atoms with Crippen molar-refractivity contribution in [1.29, 1.82) is 0 Å². The van der Waals surface area contributed by atoms with Crippen LogP contribution in [0.5, 0.6) is 17.2 Å². The van der Waals surface area contributed by atoms with Crippen LogP contribution >= 0.6 is 0 Å². The first-order valence-electron chi connectivity index (χ1n) is 7.76. The van der Waals surface area contributed by atoms with Crippen molar-refractivity contribution >= 4 is 0 Å². The van der Waals surface area contributed by atoms with Gasteiger partial charge in [-0.2, -0.15) is 0 Å². The van der Waals surface area contributed by atoms with Gasteiger partial charge in [-0.25, -0.2) is 0 Å². The fraction of sp³-hybridized carbons (Fsp3) is 0.647. The molecule has 4 nitrogen and oxygen atoms in total. The third-order valence-electron chi connectivity index (χ3n) is 4.35. The van der Waals surface area contributed by atoms with E-state index in [1.807, 2.05) is 12.1 Å². The molecule has 1 saturated carbocycles. The monoisotopic (exact) mass is 293 g/mol. The molecule has 21 heavy (non-hydrogen) atoms. The summed E-state index contributed by atoms with van der Waals surface area (Å²) in [4.78, 5) is 0. The molecule has 0 saturated heterocycles. The van der Waals surface area contributed by atoms with E-state index in [4.69, 9.17) is 14.2 Å². The highest BCUT2D eigenvalue weighted by molar-refractivity contribution is 5.52. The fourth-order valence-corrected chi connectivity index (χ4v) is 2.99. The zero-order valence-corrected chi connectivity index (χ0v) is 13.6. The van der Waals surface area contributed by atoms with Crippen molar-refractivity contribution in [3.05, 3.63) is 17.7 Å². The Morgan fingerprint density at radius 1 is 1.10 bits per heavy atom. The van der Waals surface area contributed by atoms with E-state index < -0.39 is 0 Å². The smallest absolute Gasteiger partial charge is 0.131 e. The molecule has 0 spiro atoms. The van der Waals surface area contributed by atoms with Crippen molar-refractivity contribution < 1.29 is 14.2 Å². The average molecular weight is 293 g/mol.